The van der Waals surface area contributed by atoms with Gasteiger partial charge in [-0.05, 0) is 17.7 Å². The third-order valence-corrected chi connectivity index (χ3v) is 3.93. The van der Waals surface area contributed by atoms with E-state index in [2.05, 4.69) is 0 Å². The SMILES string of the molecule is COc1ccc(C(N)CO)cc1OC1CSC1. The van der Waals surface area contributed by atoms with Gasteiger partial charge in [-0.1, -0.05) is 6.07 Å². The minimum absolute atomic E-state index is 0.0783. The number of aliphatic hydroxyl groups is 1. The van der Waals surface area contributed by atoms with Crippen molar-refractivity contribution in [1.82, 2.24) is 0 Å². The van der Waals surface area contributed by atoms with Crippen molar-refractivity contribution in [2.45, 2.75) is 12.1 Å². The van der Waals surface area contributed by atoms with Crippen molar-refractivity contribution in [2.75, 3.05) is 25.2 Å². The van der Waals surface area contributed by atoms with E-state index in [1.165, 1.54) is 0 Å². The third-order valence-electron chi connectivity index (χ3n) is 2.71. The van der Waals surface area contributed by atoms with E-state index in [9.17, 15) is 0 Å². The van der Waals surface area contributed by atoms with E-state index in [-0.39, 0.29) is 18.8 Å². The van der Waals surface area contributed by atoms with Gasteiger partial charge in [-0.15, -0.1) is 0 Å². The van der Waals surface area contributed by atoms with Crippen LogP contribution >= 0.6 is 11.8 Å². The highest BCUT2D eigenvalue weighted by molar-refractivity contribution is 8.00. The van der Waals surface area contributed by atoms with E-state index < -0.39 is 0 Å². The molecule has 1 aromatic rings. The second kappa shape index (κ2) is 5.62. The third kappa shape index (κ3) is 2.86. The molecule has 1 aromatic carbocycles. The lowest BCUT2D eigenvalue weighted by Gasteiger charge is -2.27. The van der Waals surface area contributed by atoms with E-state index in [0.717, 1.165) is 17.1 Å². The first-order valence-corrected chi connectivity index (χ1v) is 6.69. The summed E-state index contributed by atoms with van der Waals surface area (Å²) in [6, 6.07) is 5.15. The normalized spacial score (nSPS) is 17.4. The fourth-order valence-corrected chi connectivity index (χ4v) is 2.15. The molecule has 0 spiro atoms. The van der Waals surface area contributed by atoms with Gasteiger partial charge >= 0.3 is 0 Å². The summed E-state index contributed by atoms with van der Waals surface area (Å²) in [5.74, 6) is 3.44. The van der Waals surface area contributed by atoms with Gasteiger partial charge in [-0.25, -0.2) is 0 Å². The van der Waals surface area contributed by atoms with Crippen LogP contribution in [-0.2, 0) is 0 Å². The summed E-state index contributed by atoms with van der Waals surface area (Å²) >= 11 is 1.86. The minimum Gasteiger partial charge on any atom is -0.493 e. The van der Waals surface area contributed by atoms with Crippen LogP contribution in [0.15, 0.2) is 18.2 Å². The number of methoxy groups -OCH3 is 1. The molecule has 0 aliphatic carbocycles. The van der Waals surface area contributed by atoms with Crippen LogP contribution in [0.3, 0.4) is 0 Å². The van der Waals surface area contributed by atoms with Gasteiger partial charge < -0.3 is 20.3 Å². The smallest absolute Gasteiger partial charge is 0.161 e. The summed E-state index contributed by atoms with van der Waals surface area (Å²) in [5.41, 5.74) is 6.64. The van der Waals surface area contributed by atoms with Gasteiger partial charge in [0.2, 0.25) is 0 Å². The Morgan fingerprint density at radius 2 is 2.24 bits per heavy atom. The molecule has 4 nitrogen and oxygen atoms in total. The number of thioether (sulfide) groups is 1. The summed E-state index contributed by atoms with van der Waals surface area (Å²) in [4.78, 5) is 0. The van der Waals surface area contributed by atoms with E-state index in [0.29, 0.717) is 11.5 Å². The molecule has 0 bridgehead atoms. The Kier molecular flexibility index (Phi) is 4.15. The summed E-state index contributed by atoms with van der Waals surface area (Å²) in [5, 5.41) is 9.04. The van der Waals surface area contributed by atoms with Crippen molar-refractivity contribution in [3.05, 3.63) is 23.8 Å². The molecular formula is C12H17NO3S. The average molecular weight is 255 g/mol. The topological polar surface area (TPSA) is 64.7 Å². The molecule has 1 atom stereocenters. The fourth-order valence-electron chi connectivity index (χ4n) is 1.58. The number of nitrogens with two attached hydrogens (primary N) is 1. The van der Waals surface area contributed by atoms with E-state index >= 15 is 0 Å². The van der Waals surface area contributed by atoms with E-state index in [1.54, 1.807) is 7.11 Å². The molecule has 1 aliphatic rings. The zero-order valence-electron chi connectivity index (χ0n) is 9.76. The van der Waals surface area contributed by atoms with Crippen molar-refractivity contribution in [3.63, 3.8) is 0 Å². The Balaban J connectivity index is 2.19. The second-order valence-corrected chi connectivity index (χ2v) is 5.05. The Morgan fingerprint density at radius 3 is 2.76 bits per heavy atom. The molecular weight excluding hydrogens is 238 g/mol. The Labute approximate surface area is 105 Å². The molecule has 0 aromatic heterocycles. The molecule has 1 saturated heterocycles. The molecule has 1 heterocycles. The van der Waals surface area contributed by atoms with Gasteiger partial charge in [-0.2, -0.15) is 11.8 Å². The van der Waals surface area contributed by atoms with Gasteiger partial charge in [-0.3, -0.25) is 0 Å². The fraction of sp³-hybridized carbons (Fsp3) is 0.500. The van der Waals surface area contributed by atoms with Gasteiger partial charge in [0, 0.05) is 11.5 Å². The van der Waals surface area contributed by atoms with Crippen LogP contribution in [0.2, 0.25) is 0 Å². The molecule has 0 amide bonds. The number of aliphatic hydroxyl groups excluding tert-OH is 1. The maximum atomic E-state index is 9.04. The summed E-state index contributed by atoms with van der Waals surface area (Å²) in [7, 11) is 1.61. The molecule has 1 aliphatic heterocycles. The van der Waals surface area contributed by atoms with E-state index in [4.69, 9.17) is 20.3 Å². The lowest BCUT2D eigenvalue weighted by molar-refractivity contribution is 0.227. The largest absolute Gasteiger partial charge is 0.493 e. The molecule has 1 unspecified atom stereocenters. The molecule has 5 heteroatoms. The quantitative estimate of drug-likeness (QED) is 0.827. The van der Waals surface area contributed by atoms with Gasteiger partial charge in [0.15, 0.2) is 11.5 Å². The van der Waals surface area contributed by atoms with Gasteiger partial charge in [0.05, 0.1) is 19.8 Å². The van der Waals surface area contributed by atoms with Crippen molar-refractivity contribution >= 4 is 11.8 Å². The number of rotatable bonds is 5. The second-order valence-electron chi connectivity index (χ2n) is 3.98. The zero-order valence-corrected chi connectivity index (χ0v) is 10.6. The Hall–Kier alpha value is -0.910. The highest BCUT2D eigenvalue weighted by atomic mass is 32.2. The average Bonchev–Trinajstić information content (AvgIpc) is 2.32. The molecule has 94 valence electrons. The van der Waals surface area contributed by atoms with Crippen molar-refractivity contribution in [2.24, 2.45) is 5.73 Å². The monoisotopic (exact) mass is 255 g/mol. The minimum atomic E-state index is -0.376. The van der Waals surface area contributed by atoms with Crippen LogP contribution in [-0.4, -0.2) is 36.4 Å². The van der Waals surface area contributed by atoms with E-state index in [1.807, 2.05) is 30.0 Å². The highest BCUT2D eigenvalue weighted by Crippen LogP contribution is 2.33. The van der Waals surface area contributed by atoms with Gasteiger partial charge in [0.25, 0.3) is 0 Å². The summed E-state index contributed by atoms with van der Waals surface area (Å²) in [6.07, 6.45) is 0.259. The number of hydrogen-bond acceptors (Lipinski definition) is 5. The molecule has 3 N–H and O–H groups in total. The van der Waals surface area contributed by atoms with Crippen molar-refractivity contribution in [1.29, 1.82) is 0 Å². The van der Waals surface area contributed by atoms with Crippen LogP contribution in [0.25, 0.3) is 0 Å². The summed E-state index contributed by atoms with van der Waals surface area (Å²) < 4.78 is 11.1. The van der Waals surface area contributed by atoms with Crippen LogP contribution in [0.5, 0.6) is 11.5 Å². The molecule has 2 rings (SSSR count). The Bertz CT molecular complexity index is 382. The van der Waals surface area contributed by atoms with Crippen LogP contribution in [0.4, 0.5) is 0 Å². The predicted octanol–water partition coefficient (Wildman–Crippen LogP) is 1.18. The lowest BCUT2D eigenvalue weighted by atomic mass is 10.1. The highest BCUT2D eigenvalue weighted by Gasteiger charge is 2.22. The first-order chi connectivity index (χ1) is 8.24. The van der Waals surface area contributed by atoms with Crippen molar-refractivity contribution < 1.29 is 14.6 Å². The maximum absolute atomic E-state index is 9.04. The van der Waals surface area contributed by atoms with Crippen LogP contribution in [0.1, 0.15) is 11.6 Å². The summed E-state index contributed by atoms with van der Waals surface area (Å²) in [6.45, 7) is -0.0783. The zero-order chi connectivity index (χ0) is 12.3. The van der Waals surface area contributed by atoms with Gasteiger partial charge in [0.1, 0.15) is 6.10 Å². The number of benzene rings is 1. The first-order valence-electron chi connectivity index (χ1n) is 5.53. The maximum Gasteiger partial charge on any atom is 0.161 e. The number of ether oxygens (including phenoxy) is 2. The standard InChI is InChI=1S/C12H17NO3S/c1-15-11-3-2-8(10(13)5-14)4-12(11)16-9-6-17-7-9/h2-4,9-10,14H,5-7,13H2,1H3. The lowest BCUT2D eigenvalue weighted by Crippen LogP contribution is -2.31. The predicted molar refractivity (Wildman–Crippen MR) is 68.7 cm³/mol. The molecule has 17 heavy (non-hydrogen) atoms. The molecule has 0 radical (unpaired) electrons. The molecule has 0 saturated carbocycles. The van der Waals surface area contributed by atoms with Crippen molar-refractivity contribution in [3.8, 4) is 11.5 Å². The Morgan fingerprint density at radius 1 is 1.47 bits per heavy atom. The molecule has 1 fully saturated rings. The van der Waals surface area contributed by atoms with Crippen LogP contribution < -0.4 is 15.2 Å². The van der Waals surface area contributed by atoms with Crippen LogP contribution in [0, 0.1) is 0 Å². The first kappa shape index (κ1) is 12.5. The number of hydrogen-bond donors (Lipinski definition) is 2.